The molecule has 2 fully saturated rings. The molecule has 1 heterocycles. The predicted octanol–water partition coefficient (Wildman–Crippen LogP) is 4.90. The van der Waals surface area contributed by atoms with Crippen molar-refractivity contribution < 1.29 is 9.29 Å². The smallest absolute Gasteiger partial charge is 0.136 e. The minimum Gasteiger partial charge on any atom is -0.598 e. The van der Waals surface area contributed by atoms with Crippen LogP contribution in [0.25, 0.3) is 0 Å². The molecule has 0 radical (unpaired) electrons. The Bertz CT molecular complexity index is 694. The monoisotopic (exact) mass is 444 g/mol. The van der Waals surface area contributed by atoms with Gasteiger partial charge in [-0.15, -0.1) is 4.72 Å². The van der Waals surface area contributed by atoms with Crippen molar-refractivity contribution in [2.24, 2.45) is 17.8 Å². The van der Waals surface area contributed by atoms with Crippen LogP contribution in [0.15, 0.2) is 24.8 Å². The summed E-state index contributed by atoms with van der Waals surface area (Å²) in [6.45, 7) is 12.0. The minimum atomic E-state index is -1.22. The first kappa shape index (κ1) is 22.3. The van der Waals surface area contributed by atoms with Gasteiger partial charge in [-0.1, -0.05) is 35.9 Å². The van der Waals surface area contributed by atoms with Gasteiger partial charge in [0.2, 0.25) is 0 Å². The molecule has 1 saturated heterocycles. The summed E-state index contributed by atoms with van der Waals surface area (Å²) in [5.41, 5.74) is 0.928. The summed E-state index contributed by atoms with van der Waals surface area (Å²) in [5.74, 6) is 2.12. The van der Waals surface area contributed by atoms with Crippen molar-refractivity contribution >= 4 is 34.6 Å². The number of hydrogen-bond acceptors (Lipinski definition) is 4. The van der Waals surface area contributed by atoms with Gasteiger partial charge in [0.25, 0.3) is 0 Å². The highest BCUT2D eigenvalue weighted by Crippen LogP contribution is 2.49. The number of hydrogen-bond donors (Lipinski definition) is 2. The fourth-order valence-corrected chi connectivity index (χ4v) is 5.57. The van der Waals surface area contributed by atoms with Crippen LogP contribution in [-0.4, -0.2) is 29.0 Å². The highest BCUT2D eigenvalue weighted by Gasteiger charge is 2.47. The van der Waals surface area contributed by atoms with Crippen LogP contribution in [0.5, 0.6) is 5.75 Å². The Kier molecular flexibility index (Phi) is 7.28. The second kappa shape index (κ2) is 9.15. The van der Waals surface area contributed by atoms with E-state index < -0.39 is 11.4 Å². The minimum absolute atomic E-state index is 0.116. The molecule has 1 saturated carbocycles. The quantitative estimate of drug-likeness (QED) is 0.463. The molecule has 1 aliphatic heterocycles. The maximum atomic E-state index is 13.1. The molecule has 1 aliphatic carbocycles. The Balaban J connectivity index is 2.03. The van der Waals surface area contributed by atoms with Gasteiger partial charge >= 0.3 is 0 Å². The van der Waals surface area contributed by atoms with Crippen LogP contribution in [0.1, 0.15) is 45.2 Å². The summed E-state index contributed by atoms with van der Waals surface area (Å²) < 4.78 is 22.1. The molecule has 4 atom stereocenters. The third-order valence-corrected chi connectivity index (χ3v) is 8.03. The predicted molar refractivity (Wildman–Crippen MR) is 118 cm³/mol. The van der Waals surface area contributed by atoms with Crippen molar-refractivity contribution in [1.29, 1.82) is 0 Å². The van der Waals surface area contributed by atoms with Gasteiger partial charge in [-0.05, 0) is 70.5 Å². The molecule has 1 aromatic rings. The number of nitrogens with one attached hydrogen (secondary N) is 2. The van der Waals surface area contributed by atoms with Gasteiger partial charge in [0.1, 0.15) is 17.1 Å². The summed E-state index contributed by atoms with van der Waals surface area (Å²) in [6, 6.07) is 3.52. The van der Waals surface area contributed by atoms with E-state index in [1.807, 2.05) is 26.8 Å². The van der Waals surface area contributed by atoms with E-state index in [2.05, 4.69) is 16.6 Å². The molecule has 1 aromatic carbocycles. The topological polar surface area (TPSA) is 56.3 Å². The van der Waals surface area contributed by atoms with Crippen LogP contribution in [0.3, 0.4) is 0 Å². The number of fused-ring (bicyclic) bond motifs is 2. The summed E-state index contributed by atoms with van der Waals surface area (Å²) in [7, 11) is 0. The zero-order valence-electron chi connectivity index (χ0n) is 16.8. The van der Waals surface area contributed by atoms with Gasteiger partial charge < -0.3 is 14.6 Å². The second-order valence-corrected chi connectivity index (χ2v) is 11.5. The van der Waals surface area contributed by atoms with E-state index in [1.165, 1.54) is 12.8 Å². The van der Waals surface area contributed by atoms with Gasteiger partial charge in [0.05, 0.1) is 16.1 Å². The van der Waals surface area contributed by atoms with E-state index in [0.29, 0.717) is 40.2 Å². The molecular weight excluding hydrogens is 415 g/mol. The molecular formula is C21H30Cl2N2O2S. The van der Waals surface area contributed by atoms with Crippen molar-refractivity contribution in [2.75, 3.05) is 19.7 Å². The first-order valence-electron chi connectivity index (χ1n) is 9.83. The number of halogens is 2. The zero-order chi connectivity index (χ0) is 20.5. The summed E-state index contributed by atoms with van der Waals surface area (Å²) in [4.78, 5) is 0. The van der Waals surface area contributed by atoms with Crippen molar-refractivity contribution in [2.45, 2.75) is 44.4 Å². The Morgan fingerprint density at radius 3 is 2.46 bits per heavy atom. The molecule has 4 unspecified atom stereocenters. The molecule has 3 rings (SSSR count). The summed E-state index contributed by atoms with van der Waals surface area (Å²) in [6.07, 6.45) is 4.08. The largest absolute Gasteiger partial charge is 0.598 e. The van der Waals surface area contributed by atoms with Crippen molar-refractivity contribution in [3.8, 4) is 5.75 Å². The van der Waals surface area contributed by atoms with Crippen molar-refractivity contribution in [3.05, 3.63) is 40.4 Å². The molecule has 0 spiro atoms. The Morgan fingerprint density at radius 1 is 1.29 bits per heavy atom. The number of rotatable bonds is 7. The fraction of sp³-hybridized carbons (Fsp3) is 0.619. The van der Waals surface area contributed by atoms with Crippen LogP contribution in [-0.2, 0) is 11.4 Å². The first-order valence-corrected chi connectivity index (χ1v) is 11.7. The number of benzene rings is 1. The standard InChI is InChI=1S/C21H30Cl2N2O2S/c1-5-8-27-18-10-17(23)16(22)9-15(18)20(25-28(26)21(2,3)4)19-13-6-7-14(19)12-24-11-13/h5,9-10,13-14,19-20,24-25H,1,6-8,11-12H2,2-4H3. The normalized spacial score (nSPS) is 26.7. The molecule has 28 heavy (non-hydrogen) atoms. The fourth-order valence-electron chi connectivity index (χ4n) is 4.37. The Hall–Kier alpha value is -0.430. The maximum Gasteiger partial charge on any atom is 0.136 e. The van der Waals surface area contributed by atoms with Crippen molar-refractivity contribution in [1.82, 2.24) is 10.0 Å². The van der Waals surface area contributed by atoms with Crippen LogP contribution >= 0.6 is 23.2 Å². The van der Waals surface area contributed by atoms with Gasteiger partial charge in [-0.3, -0.25) is 0 Å². The van der Waals surface area contributed by atoms with E-state index in [9.17, 15) is 4.55 Å². The van der Waals surface area contributed by atoms with Gasteiger partial charge in [0, 0.05) is 23.0 Å². The molecule has 156 valence electrons. The van der Waals surface area contributed by atoms with Crippen LogP contribution in [0.4, 0.5) is 0 Å². The van der Waals surface area contributed by atoms with Gasteiger partial charge in [-0.25, -0.2) is 0 Å². The average molecular weight is 445 g/mol. The van der Waals surface area contributed by atoms with E-state index in [4.69, 9.17) is 27.9 Å². The zero-order valence-corrected chi connectivity index (χ0v) is 19.1. The summed E-state index contributed by atoms with van der Waals surface area (Å²) in [5, 5.41) is 4.48. The lowest BCUT2D eigenvalue weighted by Crippen LogP contribution is -2.49. The number of ether oxygens (including phenoxy) is 1. The van der Waals surface area contributed by atoms with E-state index in [-0.39, 0.29) is 10.8 Å². The lowest BCUT2D eigenvalue weighted by Gasteiger charge is -2.39. The van der Waals surface area contributed by atoms with Crippen LogP contribution < -0.4 is 14.8 Å². The van der Waals surface area contributed by atoms with Crippen LogP contribution in [0, 0.1) is 17.8 Å². The molecule has 2 aliphatic rings. The highest BCUT2D eigenvalue weighted by molar-refractivity contribution is 7.90. The first-order chi connectivity index (χ1) is 13.2. The third kappa shape index (κ3) is 4.82. The second-order valence-electron chi connectivity index (χ2n) is 8.71. The SMILES string of the molecule is C=CCOc1cc(Cl)c(Cl)cc1C(N[S+]([O-])C(C)(C)C)C1C2CCC1CNC2. The van der Waals surface area contributed by atoms with Gasteiger partial charge in [0.15, 0.2) is 0 Å². The molecule has 0 amide bonds. The highest BCUT2D eigenvalue weighted by atomic mass is 35.5. The van der Waals surface area contributed by atoms with Crippen molar-refractivity contribution in [3.63, 3.8) is 0 Å². The maximum absolute atomic E-state index is 13.1. The van der Waals surface area contributed by atoms with E-state index in [0.717, 1.165) is 18.7 Å². The lowest BCUT2D eigenvalue weighted by molar-refractivity contribution is 0.195. The number of piperidine rings is 1. The Labute approximate surface area is 181 Å². The average Bonchev–Trinajstić information content (AvgIpc) is 2.87. The third-order valence-electron chi connectivity index (χ3n) is 5.73. The lowest BCUT2D eigenvalue weighted by atomic mass is 9.78. The molecule has 2 bridgehead atoms. The van der Waals surface area contributed by atoms with E-state index >= 15 is 0 Å². The van der Waals surface area contributed by atoms with Gasteiger partial charge in [-0.2, -0.15) is 0 Å². The molecule has 4 nitrogen and oxygen atoms in total. The summed E-state index contributed by atoms with van der Waals surface area (Å²) >= 11 is 11.4. The Morgan fingerprint density at radius 2 is 1.89 bits per heavy atom. The van der Waals surface area contributed by atoms with Crippen LogP contribution in [0.2, 0.25) is 10.0 Å². The molecule has 0 aromatic heterocycles. The van der Waals surface area contributed by atoms with E-state index in [1.54, 1.807) is 12.1 Å². The molecule has 7 heteroatoms. The molecule has 2 N–H and O–H groups in total.